The Hall–Kier alpha value is -2.02. The minimum absolute atomic E-state index is 0.107. The molecule has 5 nitrogen and oxygen atoms in total. The number of fused-ring (bicyclic) bond motifs is 1. The molecule has 3 rings (SSSR count). The number of amides is 1. The number of hydrogen-bond acceptors (Lipinski definition) is 3. The van der Waals surface area contributed by atoms with Crippen molar-refractivity contribution in [3.05, 3.63) is 35.3 Å². The molecule has 0 saturated heterocycles. The molecule has 0 spiro atoms. The van der Waals surface area contributed by atoms with Crippen molar-refractivity contribution in [2.24, 2.45) is 5.92 Å². The minimum atomic E-state index is -2.67. The normalized spacial score (nSPS) is 15.2. The molecule has 130 valence electrons. The summed E-state index contributed by atoms with van der Waals surface area (Å²) in [7, 11) is 1.47. The first-order valence-electron chi connectivity index (χ1n) is 7.94. The molecular weight excluding hydrogens is 316 g/mol. The van der Waals surface area contributed by atoms with Gasteiger partial charge in [-0.05, 0) is 44.7 Å². The molecule has 1 aliphatic carbocycles. The highest BCUT2D eigenvalue weighted by Crippen LogP contribution is 2.39. The molecule has 1 aliphatic rings. The van der Waals surface area contributed by atoms with E-state index in [9.17, 15) is 13.6 Å². The van der Waals surface area contributed by atoms with Crippen molar-refractivity contribution in [1.82, 2.24) is 14.7 Å². The minimum Gasteiger partial charge on any atom is -0.378 e. The number of rotatable bonds is 6. The van der Waals surface area contributed by atoms with E-state index in [1.165, 1.54) is 29.8 Å². The molecule has 0 aliphatic heterocycles. The van der Waals surface area contributed by atoms with E-state index in [0.29, 0.717) is 17.2 Å². The summed E-state index contributed by atoms with van der Waals surface area (Å²) in [6, 6.07) is 2.83. The lowest BCUT2D eigenvalue weighted by atomic mass is 9.98. The Balaban J connectivity index is 2.00. The van der Waals surface area contributed by atoms with Crippen LogP contribution in [0.3, 0.4) is 0 Å². The Labute approximate surface area is 139 Å². The number of alkyl halides is 2. The average molecular weight is 337 g/mol. The van der Waals surface area contributed by atoms with Crippen molar-refractivity contribution < 1.29 is 18.3 Å². The van der Waals surface area contributed by atoms with Gasteiger partial charge in [-0.25, -0.2) is 13.8 Å². The van der Waals surface area contributed by atoms with Gasteiger partial charge >= 0.3 is 0 Å². The number of halogens is 2. The van der Waals surface area contributed by atoms with E-state index < -0.39 is 6.43 Å². The van der Waals surface area contributed by atoms with E-state index in [0.717, 1.165) is 12.8 Å². The van der Waals surface area contributed by atoms with Crippen LogP contribution in [0.25, 0.3) is 5.65 Å². The van der Waals surface area contributed by atoms with Gasteiger partial charge in [-0.2, -0.15) is 0 Å². The monoisotopic (exact) mass is 337 g/mol. The van der Waals surface area contributed by atoms with E-state index in [1.54, 1.807) is 0 Å². The SMILES string of the molecule is COCc1cc(C(F)F)n2ccc(C(=O)NC(C)(C)C3CC3)c2n1. The number of nitrogens with one attached hydrogen (secondary N) is 1. The van der Waals surface area contributed by atoms with Crippen LogP contribution in [0, 0.1) is 5.92 Å². The van der Waals surface area contributed by atoms with Crippen LogP contribution in [0.2, 0.25) is 0 Å². The zero-order valence-electron chi connectivity index (χ0n) is 14.0. The van der Waals surface area contributed by atoms with Crippen LogP contribution in [-0.4, -0.2) is 27.9 Å². The number of methoxy groups -OCH3 is 1. The fourth-order valence-corrected chi connectivity index (χ4v) is 2.99. The predicted octanol–water partition coefficient (Wildman–Crippen LogP) is 3.34. The first-order chi connectivity index (χ1) is 11.3. The van der Waals surface area contributed by atoms with E-state index >= 15 is 0 Å². The number of carbonyl (C=O) groups is 1. The van der Waals surface area contributed by atoms with Crippen LogP contribution in [0.15, 0.2) is 18.3 Å². The van der Waals surface area contributed by atoms with Crippen molar-refractivity contribution in [2.45, 2.75) is 45.3 Å². The number of aromatic nitrogens is 2. The molecule has 0 unspecified atom stereocenters. The summed E-state index contributed by atoms with van der Waals surface area (Å²) in [5.74, 6) is 0.167. The molecule has 1 amide bonds. The maximum Gasteiger partial charge on any atom is 0.278 e. The molecule has 24 heavy (non-hydrogen) atoms. The summed E-state index contributed by atoms with van der Waals surface area (Å²) in [4.78, 5) is 17.0. The average Bonchev–Trinajstić information content (AvgIpc) is 3.27. The summed E-state index contributed by atoms with van der Waals surface area (Å²) in [6.07, 6.45) is 0.974. The highest BCUT2D eigenvalue weighted by Gasteiger charge is 2.39. The lowest BCUT2D eigenvalue weighted by Gasteiger charge is -2.26. The molecule has 1 fully saturated rings. The molecule has 1 saturated carbocycles. The van der Waals surface area contributed by atoms with Crippen molar-refractivity contribution >= 4 is 11.6 Å². The highest BCUT2D eigenvalue weighted by molar-refractivity contribution is 6.00. The molecule has 2 aromatic rings. The van der Waals surface area contributed by atoms with Gasteiger partial charge in [0.05, 0.1) is 23.6 Å². The maximum atomic E-state index is 13.3. The maximum absolute atomic E-state index is 13.3. The summed E-state index contributed by atoms with van der Waals surface area (Å²) < 4.78 is 32.9. The molecular formula is C17H21F2N3O2. The summed E-state index contributed by atoms with van der Waals surface area (Å²) >= 11 is 0. The Bertz CT molecular complexity index is 767. The van der Waals surface area contributed by atoms with E-state index in [4.69, 9.17) is 4.74 Å². The second-order valence-corrected chi connectivity index (χ2v) is 6.78. The molecule has 2 heterocycles. The third-order valence-electron chi connectivity index (χ3n) is 4.50. The molecule has 0 bridgehead atoms. The van der Waals surface area contributed by atoms with Gasteiger partial charge in [-0.15, -0.1) is 0 Å². The third-order valence-corrected chi connectivity index (χ3v) is 4.50. The second kappa shape index (κ2) is 6.12. The Morgan fingerprint density at radius 3 is 2.79 bits per heavy atom. The fourth-order valence-electron chi connectivity index (χ4n) is 2.99. The van der Waals surface area contributed by atoms with Crippen molar-refractivity contribution in [1.29, 1.82) is 0 Å². The van der Waals surface area contributed by atoms with Crippen LogP contribution >= 0.6 is 0 Å². The van der Waals surface area contributed by atoms with Crippen LogP contribution in [-0.2, 0) is 11.3 Å². The lowest BCUT2D eigenvalue weighted by molar-refractivity contribution is 0.0904. The van der Waals surface area contributed by atoms with Crippen LogP contribution in [0.1, 0.15) is 54.9 Å². The molecule has 1 N–H and O–H groups in total. The van der Waals surface area contributed by atoms with Gasteiger partial charge in [0, 0.05) is 18.8 Å². The number of ether oxygens (including phenoxy) is 1. The fraction of sp³-hybridized carbons (Fsp3) is 0.529. The Morgan fingerprint density at radius 2 is 2.21 bits per heavy atom. The Kier molecular flexibility index (Phi) is 4.29. The summed E-state index contributed by atoms with van der Waals surface area (Å²) in [5.41, 5.74) is 0.371. The largest absolute Gasteiger partial charge is 0.378 e. The summed E-state index contributed by atoms with van der Waals surface area (Å²) in [6.45, 7) is 4.07. The van der Waals surface area contributed by atoms with Crippen LogP contribution < -0.4 is 5.32 Å². The van der Waals surface area contributed by atoms with Gasteiger partial charge in [-0.1, -0.05) is 0 Å². The molecule has 0 radical (unpaired) electrons. The second-order valence-electron chi connectivity index (χ2n) is 6.78. The van der Waals surface area contributed by atoms with Crippen molar-refractivity contribution in [2.75, 3.05) is 7.11 Å². The summed E-state index contributed by atoms with van der Waals surface area (Å²) in [5, 5.41) is 3.00. The zero-order valence-corrected chi connectivity index (χ0v) is 14.0. The first-order valence-corrected chi connectivity index (χ1v) is 7.94. The number of carbonyl (C=O) groups excluding carboxylic acids is 1. The molecule has 2 aromatic heterocycles. The van der Waals surface area contributed by atoms with E-state index in [1.807, 2.05) is 13.8 Å². The van der Waals surface area contributed by atoms with Crippen LogP contribution in [0.5, 0.6) is 0 Å². The van der Waals surface area contributed by atoms with Gasteiger partial charge < -0.3 is 10.1 Å². The van der Waals surface area contributed by atoms with Crippen LogP contribution in [0.4, 0.5) is 8.78 Å². The van der Waals surface area contributed by atoms with Gasteiger partial charge in [0.2, 0.25) is 0 Å². The number of hydrogen-bond donors (Lipinski definition) is 1. The van der Waals surface area contributed by atoms with Crippen molar-refractivity contribution in [3.63, 3.8) is 0 Å². The quantitative estimate of drug-likeness (QED) is 0.879. The number of nitrogens with zero attached hydrogens (tertiary/aromatic N) is 2. The van der Waals surface area contributed by atoms with Gasteiger partial charge in [0.1, 0.15) is 5.65 Å². The highest BCUT2D eigenvalue weighted by atomic mass is 19.3. The first kappa shape index (κ1) is 16.8. The third kappa shape index (κ3) is 3.13. The molecule has 0 aromatic carbocycles. The van der Waals surface area contributed by atoms with Gasteiger partial charge in [0.15, 0.2) is 0 Å². The topological polar surface area (TPSA) is 55.6 Å². The standard InChI is InChI=1S/C17H21F2N3O2/c1-17(2,10-4-5-10)21-16(23)12-6-7-22-13(14(18)19)8-11(9-24-3)20-15(12)22/h6-8,10,14H,4-5,9H2,1-3H3,(H,21,23). The molecule has 0 atom stereocenters. The van der Waals surface area contributed by atoms with E-state index in [-0.39, 0.29) is 29.4 Å². The molecule has 7 heteroatoms. The van der Waals surface area contributed by atoms with E-state index in [2.05, 4.69) is 10.3 Å². The van der Waals surface area contributed by atoms with Gasteiger partial charge in [-0.3, -0.25) is 9.20 Å². The van der Waals surface area contributed by atoms with Crippen molar-refractivity contribution in [3.8, 4) is 0 Å². The smallest absolute Gasteiger partial charge is 0.278 e. The van der Waals surface area contributed by atoms with Gasteiger partial charge in [0.25, 0.3) is 12.3 Å². The lowest BCUT2D eigenvalue weighted by Crippen LogP contribution is -2.45. The predicted molar refractivity (Wildman–Crippen MR) is 85.1 cm³/mol. The zero-order chi connectivity index (χ0) is 17.5. The Morgan fingerprint density at radius 1 is 1.50 bits per heavy atom.